The predicted octanol–water partition coefficient (Wildman–Crippen LogP) is 4.92. The topological polar surface area (TPSA) is 25.0 Å². The zero-order chi connectivity index (χ0) is 14.0. The number of alkyl halides is 2. The summed E-state index contributed by atoms with van der Waals surface area (Å²) in [4.78, 5) is 3.18. The summed E-state index contributed by atoms with van der Waals surface area (Å²) in [6.45, 7) is 3.73. The van der Waals surface area contributed by atoms with Gasteiger partial charge in [-0.2, -0.15) is 8.78 Å². The van der Waals surface area contributed by atoms with E-state index in [9.17, 15) is 8.78 Å². The van der Waals surface area contributed by atoms with E-state index in [1.165, 1.54) is 0 Å². The highest BCUT2D eigenvalue weighted by Crippen LogP contribution is 2.32. The van der Waals surface area contributed by atoms with E-state index < -0.39 is 6.61 Å². The van der Waals surface area contributed by atoms with Gasteiger partial charge in [0.2, 0.25) is 0 Å². The van der Waals surface area contributed by atoms with Crippen LogP contribution in [0.4, 0.5) is 8.78 Å². The fourth-order valence-electron chi connectivity index (χ4n) is 2.54. The van der Waals surface area contributed by atoms with Crippen LogP contribution >= 0.6 is 0 Å². The van der Waals surface area contributed by atoms with Gasteiger partial charge in [0.05, 0.1) is 0 Å². The van der Waals surface area contributed by atoms with E-state index in [0.717, 1.165) is 22.9 Å². The van der Waals surface area contributed by atoms with Crippen LogP contribution in [0.2, 0.25) is 0 Å². The molecule has 0 bridgehead atoms. The molecule has 1 aromatic carbocycles. The molecular weight excluding hydrogens is 248 g/mol. The molecular formula is C15H19F2NO. The summed E-state index contributed by atoms with van der Waals surface area (Å²) in [7, 11) is 0. The van der Waals surface area contributed by atoms with Crippen molar-refractivity contribution in [1.29, 1.82) is 0 Å². The number of halogens is 2. The van der Waals surface area contributed by atoms with Crippen molar-refractivity contribution in [2.75, 3.05) is 0 Å². The first kappa shape index (κ1) is 13.8. The molecule has 19 heavy (non-hydrogen) atoms. The summed E-state index contributed by atoms with van der Waals surface area (Å²) in [6, 6.07) is 5.02. The van der Waals surface area contributed by atoms with Crippen LogP contribution in [0.1, 0.15) is 38.7 Å². The van der Waals surface area contributed by atoms with Crippen molar-refractivity contribution < 1.29 is 13.5 Å². The predicted molar refractivity (Wildman–Crippen MR) is 72.8 cm³/mol. The summed E-state index contributed by atoms with van der Waals surface area (Å²) in [5.74, 6) is 1.19. The third-order valence-corrected chi connectivity index (χ3v) is 3.27. The zero-order valence-electron chi connectivity index (χ0n) is 11.4. The molecule has 1 N–H and O–H groups in total. The van der Waals surface area contributed by atoms with Gasteiger partial charge in [0.15, 0.2) is 0 Å². The average molecular weight is 267 g/mol. The molecule has 4 heteroatoms. The van der Waals surface area contributed by atoms with Crippen molar-refractivity contribution in [2.24, 2.45) is 5.92 Å². The molecule has 104 valence electrons. The number of benzene rings is 1. The normalized spacial score (nSPS) is 13.4. The molecule has 0 spiro atoms. The minimum atomic E-state index is -2.78. The lowest BCUT2D eigenvalue weighted by Gasteiger charge is -2.13. The minimum absolute atomic E-state index is 0.208. The monoisotopic (exact) mass is 267 g/mol. The zero-order valence-corrected chi connectivity index (χ0v) is 11.4. The van der Waals surface area contributed by atoms with Crippen molar-refractivity contribution in [3.8, 4) is 5.75 Å². The van der Waals surface area contributed by atoms with Crippen molar-refractivity contribution in [3.05, 3.63) is 30.0 Å². The standard InChI is InChI=1S/C15H19F2NO/c1-9(2)6-10(3)13-8-18-14-5-4-11(7-12(13)14)19-15(16)17/h4-5,7-10,15,18H,6H2,1-3H3. The van der Waals surface area contributed by atoms with Crippen LogP contribution in [0.3, 0.4) is 0 Å². The van der Waals surface area contributed by atoms with Gasteiger partial charge in [-0.25, -0.2) is 0 Å². The Morgan fingerprint density at radius 2 is 1.95 bits per heavy atom. The van der Waals surface area contributed by atoms with Crippen molar-refractivity contribution in [2.45, 2.75) is 39.7 Å². The minimum Gasteiger partial charge on any atom is -0.435 e. The lowest BCUT2D eigenvalue weighted by molar-refractivity contribution is -0.0497. The van der Waals surface area contributed by atoms with Gasteiger partial charge in [0.25, 0.3) is 0 Å². The molecule has 0 aliphatic heterocycles. The van der Waals surface area contributed by atoms with Gasteiger partial charge >= 0.3 is 6.61 Å². The number of aromatic amines is 1. The molecule has 0 fully saturated rings. The number of hydrogen-bond donors (Lipinski definition) is 1. The molecule has 0 aliphatic rings. The number of H-pyrrole nitrogens is 1. The molecule has 0 saturated heterocycles. The van der Waals surface area contributed by atoms with Crippen LogP contribution in [-0.2, 0) is 0 Å². The van der Waals surface area contributed by atoms with Gasteiger partial charge in [0.1, 0.15) is 5.75 Å². The number of fused-ring (bicyclic) bond motifs is 1. The Kier molecular flexibility index (Phi) is 4.08. The van der Waals surface area contributed by atoms with Crippen LogP contribution in [-0.4, -0.2) is 11.6 Å². The molecule has 1 atom stereocenters. The van der Waals surface area contributed by atoms with Gasteiger partial charge in [0, 0.05) is 17.1 Å². The van der Waals surface area contributed by atoms with E-state index in [1.54, 1.807) is 18.2 Å². The summed E-state index contributed by atoms with van der Waals surface area (Å²) in [6.07, 6.45) is 3.02. The molecule has 0 aliphatic carbocycles. The summed E-state index contributed by atoms with van der Waals surface area (Å²) >= 11 is 0. The molecule has 2 rings (SSSR count). The molecule has 2 nitrogen and oxygen atoms in total. The van der Waals surface area contributed by atoms with E-state index in [-0.39, 0.29) is 5.75 Å². The summed E-state index contributed by atoms with van der Waals surface area (Å²) in [5.41, 5.74) is 2.11. The number of nitrogens with one attached hydrogen (secondary N) is 1. The van der Waals surface area contributed by atoms with Crippen molar-refractivity contribution >= 4 is 10.9 Å². The highest BCUT2D eigenvalue weighted by atomic mass is 19.3. The lowest BCUT2D eigenvalue weighted by atomic mass is 9.92. The fraction of sp³-hybridized carbons (Fsp3) is 0.467. The fourth-order valence-corrected chi connectivity index (χ4v) is 2.54. The Morgan fingerprint density at radius 3 is 2.58 bits per heavy atom. The quantitative estimate of drug-likeness (QED) is 0.817. The maximum Gasteiger partial charge on any atom is 0.387 e. The number of rotatable bonds is 5. The van der Waals surface area contributed by atoms with Crippen molar-refractivity contribution in [1.82, 2.24) is 4.98 Å². The Bertz CT molecular complexity index is 548. The second-order valence-corrected chi connectivity index (χ2v) is 5.36. The highest BCUT2D eigenvalue weighted by molar-refractivity contribution is 5.85. The number of aromatic nitrogens is 1. The highest BCUT2D eigenvalue weighted by Gasteiger charge is 2.14. The van der Waals surface area contributed by atoms with E-state index in [2.05, 4.69) is 30.5 Å². The van der Waals surface area contributed by atoms with E-state index in [0.29, 0.717) is 11.8 Å². The Hall–Kier alpha value is -1.58. The van der Waals surface area contributed by atoms with E-state index >= 15 is 0 Å². The molecule has 0 radical (unpaired) electrons. The van der Waals surface area contributed by atoms with Crippen LogP contribution in [0.15, 0.2) is 24.4 Å². The maximum absolute atomic E-state index is 12.2. The van der Waals surface area contributed by atoms with Crippen LogP contribution in [0, 0.1) is 5.92 Å². The molecule has 1 aromatic heterocycles. The largest absolute Gasteiger partial charge is 0.435 e. The lowest BCUT2D eigenvalue weighted by Crippen LogP contribution is -2.02. The van der Waals surface area contributed by atoms with Gasteiger partial charge in [-0.3, -0.25) is 0 Å². The third kappa shape index (κ3) is 3.25. The first-order valence-electron chi connectivity index (χ1n) is 6.53. The number of hydrogen-bond acceptors (Lipinski definition) is 1. The number of ether oxygens (including phenoxy) is 1. The van der Waals surface area contributed by atoms with E-state index in [1.807, 2.05) is 6.20 Å². The van der Waals surface area contributed by atoms with Crippen LogP contribution in [0.25, 0.3) is 10.9 Å². The first-order valence-corrected chi connectivity index (χ1v) is 6.53. The first-order chi connectivity index (χ1) is 8.97. The Labute approximate surface area is 111 Å². The van der Waals surface area contributed by atoms with E-state index in [4.69, 9.17) is 0 Å². The van der Waals surface area contributed by atoms with Gasteiger partial charge in [-0.15, -0.1) is 0 Å². The Balaban J connectivity index is 2.34. The van der Waals surface area contributed by atoms with Gasteiger partial charge in [-0.1, -0.05) is 20.8 Å². The average Bonchev–Trinajstić information content (AvgIpc) is 2.70. The van der Waals surface area contributed by atoms with Gasteiger partial charge < -0.3 is 9.72 Å². The SMILES string of the molecule is CC(C)CC(C)c1c[nH]c2ccc(OC(F)F)cc12. The van der Waals surface area contributed by atoms with Crippen molar-refractivity contribution in [3.63, 3.8) is 0 Å². The second-order valence-electron chi connectivity index (χ2n) is 5.36. The maximum atomic E-state index is 12.2. The molecule has 2 aromatic rings. The van der Waals surface area contributed by atoms with Crippen LogP contribution in [0.5, 0.6) is 5.75 Å². The molecule has 1 heterocycles. The smallest absolute Gasteiger partial charge is 0.387 e. The summed E-state index contributed by atoms with van der Waals surface area (Å²) in [5, 5.41) is 0.964. The Morgan fingerprint density at radius 1 is 1.21 bits per heavy atom. The molecule has 1 unspecified atom stereocenters. The summed E-state index contributed by atoms with van der Waals surface area (Å²) < 4.78 is 29.0. The molecule has 0 saturated carbocycles. The van der Waals surface area contributed by atoms with Gasteiger partial charge in [-0.05, 0) is 42.0 Å². The third-order valence-electron chi connectivity index (χ3n) is 3.27. The van der Waals surface area contributed by atoms with Crippen LogP contribution < -0.4 is 4.74 Å². The molecule has 0 amide bonds. The second kappa shape index (κ2) is 5.59.